The third kappa shape index (κ3) is 3.78. The van der Waals surface area contributed by atoms with Crippen LogP contribution in [0.15, 0.2) is 53.3 Å². The molecule has 0 spiro atoms. The van der Waals surface area contributed by atoms with E-state index in [1.54, 1.807) is 41.6 Å². The van der Waals surface area contributed by atoms with Crippen molar-refractivity contribution < 1.29 is 9.32 Å². The Morgan fingerprint density at radius 1 is 1.26 bits per heavy atom. The van der Waals surface area contributed by atoms with Crippen molar-refractivity contribution in [2.45, 2.75) is 12.8 Å². The van der Waals surface area contributed by atoms with Gasteiger partial charge in [0.2, 0.25) is 11.7 Å². The number of aromatic nitrogens is 3. The molecule has 3 heterocycles. The minimum Gasteiger partial charge on any atom is -0.339 e. The van der Waals surface area contributed by atoms with Crippen LogP contribution in [-0.4, -0.2) is 39.1 Å². The van der Waals surface area contributed by atoms with Crippen LogP contribution in [0.3, 0.4) is 0 Å². The Labute approximate surface area is 161 Å². The Morgan fingerprint density at radius 3 is 2.81 bits per heavy atom. The number of rotatable bonds is 3. The van der Waals surface area contributed by atoms with E-state index >= 15 is 0 Å². The molecule has 7 nitrogen and oxygen atoms in total. The highest BCUT2D eigenvalue weighted by atomic mass is 35.5. The highest BCUT2D eigenvalue weighted by Crippen LogP contribution is 2.32. The van der Waals surface area contributed by atoms with Gasteiger partial charge in [-0.1, -0.05) is 23.7 Å². The zero-order chi connectivity index (χ0) is 18.8. The fourth-order valence-electron chi connectivity index (χ4n) is 3.19. The van der Waals surface area contributed by atoms with Crippen molar-refractivity contribution in [1.82, 2.24) is 20.0 Å². The van der Waals surface area contributed by atoms with E-state index < -0.39 is 0 Å². The van der Waals surface area contributed by atoms with E-state index in [4.69, 9.17) is 16.1 Å². The van der Waals surface area contributed by atoms with E-state index in [2.05, 4.69) is 27.4 Å². The number of halogens is 1. The van der Waals surface area contributed by atoms with Gasteiger partial charge >= 0.3 is 6.03 Å². The molecule has 2 amide bonds. The Balaban J connectivity index is 1.44. The van der Waals surface area contributed by atoms with Gasteiger partial charge in [-0.3, -0.25) is 4.98 Å². The molecule has 1 saturated heterocycles. The van der Waals surface area contributed by atoms with E-state index in [1.807, 2.05) is 12.1 Å². The van der Waals surface area contributed by atoms with Crippen LogP contribution >= 0.6 is 11.6 Å². The number of carbonyl (C=O) groups excluding carboxylic acids is 1. The number of likely N-dealkylation sites (tertiary alicyclic amines) is 1. The highest BCUT2D eigenvalue weighted by Gasteiger charge is 2.37. The first-order valence-electron chi connectivity index (χ1n) is 8.65. The zero-order valence-electron chi connectivity index (χ0n) is 14.7. The molecule has 0 aliphatic carbocycles. The summed E-state index contributed by atoms with van der Waals surface area (Å²) in [4.78, 5) is 22.9. The number of hydrogen-bond donors (Lipinski definition) is 1. The van der Waals surface area contributed by atoms with Crippen molar-refractivity contribution in [2.75, 3.05) is 18.4 Å². The maximum absolute atomic E-state index is 12.6. The van der Waals surface area contributed by atoms with Gasteiger partial charge in [0.05, 0.1) is 5.92 Å². The number of nitrogens with zero attached hydrogens (tertiary/aromatic N) is 4. The second kappa shape index (κ2) is 7.36. The molecular weight excluding hydrogens is 366 g/mol. The van der Waals surface area contributed by atoms with E-state index in [-0.39, 0.29) is 17.9 Å². The molecule has 2 unspecified atom stereocenters. The number of benzene rings is 1. The van der Waals surface area contributed by atoms with Crippen LogP contribution in [0.5, 0.6) is 0 Å². The van der Waals surface area contributed by atoms with Crippen LogP contribution in [0.4, 0.5) is 10.5 Å². The van der Waals surface area contributed by atoms with Crippen molar-refractivity contribution >= 4 is 23.3 Å². The summed E-state index contributed by atoms with van der Waals surface area (Å²) in [6, 6.07) is 10.6. The largest absolute Gasteiger partial charge is 0.339 e. The molecule has 1 aliphatic rings. The number of amides is 2. The van der Waals surface area contributed by atoms with Gasteiger partial charge in [0.15, 0.2) is 0 Å². The van der Waals surface area contributed by atoms with Gasteiger partial charge in [0.1, 0.15) is 0 Å². The van der Waals surface area contributed by atoms with Gasteiger partial charge < -0.3 is 14.7 Å². The third-order valence-corrected chi connectivity index (χ3v) is 4.93. The fraction of sp³-hybridized carbons (Fsp3) is 0.263. The van der Waals surface area contributed by atoms with Gasteiger partial charge in [-0.05, 0) is 42.3 Å². The molecular formula is C19H18ClN5O2. The average molecular weight is 384 g/mol. The molecule has 4 rings (SSSR count). The van der Waals surface area contributed by atoms with Gasteiger partial charge in [-0.15, -0.1) is 0 Å². The summed E-state index contributed by atoms with van der Waals surface area (Å²) in [5.74, 6) is 1.26. The molecule has 0 bridgehead atoms. The minimum atomic E-state index is -0.154. The normalized spacial score (nSPS) is 19.3. The van der Waals surface area contributed by atoms with Crippen LogP contribution in [0.1, 0.15) is 18.7 Å². The Kier molecular flexibility index (Phi) is 4.77. The molecule has 1 fully saturated rings. The van der Waals surface area contributed by atoms with Crippen molar-refractivity contribution in [1.29, 1.82) is 0 Å². The maximum Gasteiger partial charge on any atom is 0.321 e. The first-order chi connectivity index (χ1) is 13.1. The van der Waals surface area contributed by atoms with Crippen LogP contribution in [0, 0.1) is 5.92 Å². The van der Waals surface area contributed by atoms with E-state index in [0.29, 0.717) is 35.5 Å². The predicted molar refractivity (Wildman–Crippen MR) is 101 cm³/mol. The number of carbonyl (C=O) groups is 1. The molecule has 138 valence electrons. The number of nitrogens with one attached hydrogen (secondary N) is 1. The summed E-state index contributed by atoms with van der Waals surface area (Å²) in [5, 5.41) is 7.57. The van der Waals surface area contributed by atoms with Crippen LogP contribution < -0.4 is 5.32 Å². The SMILES string of the molecule is CC1CN(C(=O)Nc2ccc(Cl)cc2)CC1c1nc(-c2cccnc2)no1. The van der Waals surface area contributed by atoms with E-state index in [9.17, 15) is 4.79 Å². The molecule has 1 aromatic carbocycles. The maximum atomic E-state index is 12.6. The molecule has 3 aromatic rings. The quantitative estimate of drug-likeness (QED) is 0.737. The number of pyridine rings is 1. The summed E-state index contributed by atoms with van der Waals surface area (Å²) < 4.78 is 5.47. The first kappa shape index (κ1) is 17.5. The van der Waals surface area contributed by atoms with E-state index in [0.717, 1.165) is 5.56 Å². The lowest BCUT2D eigenvalue weighted by molar-refractivity contribution is 0.220. The third-order valence-electron chi connectivity index (χ3n) is 4.67. The summed E-state index contributed by atoms with van der Waals surface area (Å²) in [7, 11) is 0. The summed E-state index contributed by atoms with van der Waals surface area (Å²) in [6.45, 7) is 3.22. The average Bonchev–Trinajstić information content (AvgIpc) is 3.31. The van der Waals surface area contributed by atoms with Gasteiger partial charge in [-0.25, -0.2) is 4.79 Å². The molecule has 8 heteroatoms. The van der Waals surface area contributed by atoms with Crippen molar-refractivity contribution in [3.8, 4) is 11.4 Å². The topological polar surface area (TPSA) is 84.2 Å². The Bertz CT molecular complexity index is 929. The second-order valence-corrected chi connectivity index (χ2v) is 7.06. The lowest BCUT2D eigenvalue weighted by Gasteiger charge is -2.16. The predicted octanol–water partition coefficient (Wildman–Crippen LogP) is 4.05. The van der Waals surface area contributed by atoms with Crippen LogP contribution in [0.2, 0.25) is 5.02 Å². The van der Waals surface area contributed by atoms with Crippen molar-refractivity contribution in [2.24, 2.45) is 5.92 Å². The molecule has 1 aliphatic heterocycles. The Hall–Kier alpha value is -2.93. The minimum absolute atomic E-state index is 0.00103. The lowest BCUT2D eigenvalue weighted by atomic mass is 9.98. The molecule has 1 N–H and O–H groups in total. The molecule has 2 atom stereocenters. The Morgan fingerprint density at radius 2 is 2.07 bits per heavy atom. The number of hydrogen-bond acceptors (Lipinski definition) is 5. The van der Waals surface area contributed by atoms with Crippen LogP contribution in [-0.2, 0) is 0 Å². The van der Waals surface area contributed by atoms with Crippen molar-refractivity contribution in [3.05, 3.63) is 59.7 Å². The zero-order valence-corrected chi connectivity index (χ0v) is 15.4. The monoisotopic (exact) mass is 383 g/mol. The van der Waals surface area contributed by atoms with Gasteiger partial charge in [0, 0.05) is 41.8 Å². The standard InChI is InChI=1S/C19H18ClN5O2/c1-12-10-25(19(26)22-15-6-4-14(20)5-7-15)11-16(12)18-23-17(24-27-18)13-3-2-8-21-9-13/h2-9,12,16H,10-11H2,1H3,(H,22,26). The lowest BCUT2D eigenvalue weighted by Crippen LogP contribution is -2.33. The molecule has 0 radical (unpaired) electrons. The summed E-state index contributed by atoms with van der Waals surface area (Å²) >= 11 is 5.88. The van der Waals surface area contributed by atoms with E-state index in [1.165, 1.54) is 0 Å². The number of urea groups is 1. The second-order valence-electron chi connectivity index (χ2n) is 6.62. The molecule has 2 aromatic heterocycles. The van der Waals surface area contributed by atoms with Gasteiger partial charge in [-0.2, -0.15) is 4.98 Å². The highest BCUT2D eigenvalue weighted by molar-refractivity contribution is 6.30. The summed E-state index contributed by atoms with van der Waals surface area (Å²) in [5.41, 5.74) is 1.51. The van der Waals surface area contributed by atoms with Gasteiger partial charge in [0.25, 0.3) is 0 Å². The first-order valence-corrected chi connectivity index (χ1v) is 9.03. The van der Waals surface area contributed by atoms with Crippen molar-refractivity contribution in [3.63, 3.8) is 0 Å². The summed E-state index contributed by atoms with van der Waals surface area (Å²) in [6.07, 6.45) is 3.39. The fourth-order valence-corrected chi connectivity index (χ4v) is 3.31. The molecule has 0 saturated carbocycles. The smallest absolute Gasteiger partial charge is 0.321 e. The van der Waals surface area contributed by atoms with Crippen LogP contribution in [0.25, 0.3) is 11.4 Å². The molecule has 27 heavy (non-hydrogen) atoms. The number of anilines is 1.